The van der Waals surface area contributed by atoms with E-state index in [0.717, 1.165) is 36.0 Å². The van der Waals surface area contributed by atoms with Gasteiger partial charge in [0.05, 0.1) is 0 Å². The maximum absolute atomic E-state index is 11.7. The highest BCUT2D eigenvalue weighted by Crippen LogP contribution is 2.26. The minimum Gasteiger partial charge on any atom is -0.300 e. The summed E-state index contributed by atoms with van der Waals surface area (Å²) in [6.45, 7) is 0. The van der Waals surface area contributed by atoms with Gasteiger partial charge in [0.2, 0.25) is 0 Å². The van der Waals surface area contributed by atoms with Crippen molar-refractivity contribution in [1.29, 1.82) is 0 Å². The highest BCUT2D eigenvalue weighted by molar-refractivity contribution is 5.82. The van der Waals surface area contributed by atoms with E-state index < -0.39 is 0 Å². The summed E-state index contributed by atoms with van der Waals surface area (Å²) in [5.41, 5.74) is 3.15. The minimum absolute atomic E-state index is 0.316. The van der Waals surface area contributed by atoms with E-state index in [1.54, 1.807) is 0 Å². The molecule has 0 radical (unpaired) electrons. The zero-order valence-electron chi connectivity index (χ0n) is 13.2. The first-order chi connectivity index (χ1) is 11.3. The number of carbonyl (C=O) groups excluding carboxylic acids is 1. The fraction of sp³-hybridized carbons (Fsp3) is 0.227. The molecule has 1 fully saturated rings. The molecular formula is C22H20O. The summed E-state index contributed by atoms with van der Waals surface area (Å²) in [7, 11) is 0. The summed E-state index contributed by atoms with van der Waals surface area (Å²) >= 11 is 0. The molecule has 2 aromatic rings. The molecule has 114 valence electrons. The van der Waals surface area contributed by atoms with Crippen LogP contribution in [0.1, 0.15) is 36.8 Å². The third-order valence-electron chi connectivity index (χ3n) is 4.12. The van der Waals surface area contributed by atoms with E-state index in [1.807, 2.05) is 48.5 Å². The van der Waals surface area contributed by atoms with Crippen molar-refractivity contribution in [3.8, 4) is 11.8 Å². The molecule has 1 aliphatic rings. The molecule has 1 heteroatoms. The topological polar surface area (TPSA) is 17.1 Å². The Hall–Kier alpha value is -2.59. The average molecular weight is 300 g/mol. The second-order valence-corrected chi connectivity index (χ2v) is 5.96. The summed E-state index contributed by atoms with van der Waals surface area (Å²) in [5.74, 6) is 7.25. The zero-order valence-corrected chi connectivity index (χ0v) is 13.2. The van der Waals surface area contributed by atoms with Crippen LogP contribution >= 0.6 is 0 Å². The Morgan fingerprint density at radius 1 is 1.00 bits per heavy atom. The second kappa shape index (κ2) is 7.61. The van der Waals surface area contributed by atoms with Crippen molar-refractivity contribution >= 4 is 11.4 Å². The normalized spacial score (nSPS) is 18.2. The second-order valence-electron chi connectivity index (χ2n) is 5.96. The van der Waals surface area contributed by atoms with Crippen LogP contribution in [0.4, 0.5) is 0 Å². The smallest absolute Gasteiger partial charge is 0.133 e. The zero-order chi connectivity index (χ0) is 15.9. The van der Waals surface area contributed by atoms with Crippen LogP contribution in [0.3, 0.4) is 0 Å². The van der Waals surface area contributed by atoms with E-state index in [9.17, 15) is 4.79 Å². The molecule has 1 atom stereocenters. The van der Waals surface area contributed by atoms with Gasteiger partial charge in [0, 0.05) is 24.0 Å². The van der Waals surface area contributed by atoms with E-state index in [-0.39, 0.29) is 0 Å². The van der Waals surface area contributed by atoms with Crippen molar-refractivity contribution < 1.29 is 4.79 Å². The van der Waals surface area contributed by atoms with Gasteiger partial charge in [0.25, 0.3) is 0 Å². The molecule has 0 N–H and O–H groups in total. The monoisotopic (exact) mass is 300 g/mol. The van der Waals surface area contributed by atoms with Crippen LogP contribution < -0.4 is 0 Å². The van der Waals surface area contributed by atoms with Crippen molar-refractivity contribution in [2.24, 2.45) is 5.92 Å². The maximum Gasteiger partial charge on any atom is 0.133 e. The van der Waals surface area contributed by atoms with E-state index in [1.165, 1.54) is 0 Å². The molecule has 1 nitrogen and oxygen atoms in total. The lowest BCUT2D eigenvalue weighted by molar-refractivity contribution is -0.121. The first-order valence-electron chi connectivity index (χ1n) is 8.17. The average Bonchev–Trinajstić information content (AvgIpc) is 2.60. The molecule has 1 saturated carbocycles. The summed E-state index contributed by atoms with van der Waals surface area (Å²) in [4.78, 5) is 11.7. The van der Waals surface area contributed by atoms with E-state index in [2.05, 4.69) is 30.0 Å². The van der Waals surface area contributed by atoms with Crippen LogP contribution in [0.2, 0.25) is 0 Å². The number of ketones is 1. The predicted octanol–water partition coefficient (Wildman–Crippen LogP) is 4.88. The third kappa shape index (κ3) is 4.44. The number of Topliss-reactive ketones (excluding diaryl/α,β-unsaturated/α-hetero) is 1. The van der Waals surface area contributed by atoms with Gasteiger partial charge in [-0.1, -0.05) is 66.4 Å². The number of allylic oxidation sites excluding steroid dienone is 2. The summed E-state index contributed by atoms with van der Waals surface area (Å²) in [6.07, 6.45) is 5.66. The molecule has 23 heavy (non-hydrogen) atoms. The highest BCUT2D eigenvalue weighted by atomic mass is 16.1. The SMILES string of the molecule is O=C1CCCC(/C=C(/C#Cc2ccccc2)c2ccccc2)C1. The van der Waals surface area contributed by atoms with E-state index in [4.69, 9.17) is 0 Å². The molecule has 0 amide bonds. The molecule has 0 heterocycles. The van der Waals surface area contributed by atoms with Gasteiger partial charge in [0.1, 0.15) is 5.78 Å². The quantitative estimate of drug-likeness (QED) is 0.722. The molecule has 2 aromatic carbocycles. The van der Waals surface area contributed by atoms with Crippen LogP contribution in [-0.2, 0) is 4.79 Å². The van der Waals surface area contributed by atoms with E-state index in [0.29, 0.717) is 18.1 Å². The van der Waals surface area contributed by atoms with Crippen LogP contribution in [0.15, 0.2) is 66.7 Å². The lowest BCUT2D eigenvalue weighted by atomic mass is 9.86. The Kier molecular flexibility index (Phi) is 5.06. The molecule has 0 aromatic heterocycles. The summed E-state index contributed by atoms with van der Waals surface area (Å²) in [6, 6.07) is 20.2. The standard InChI is InChI=1S/C22H20O/c23-22-13-7-10-19(17-22)16-21(20-11-5-2-6-12-20)15-14-18-8-3-1-4-9-18/h1-6,8-9,11-12,16,19H,7,10,13,17H2/b21-16-. The molecule has 1 unspecified atom stereocenters. The third-order valence-corrected chi connectivity index (χ3v) is 4.12. The lowest BCUT2D eigenvalue weighted by Gasteiger charge is -2.18. The molecule has 0 aliphatic heterocycles. The van der Waals surface area contributed by atoms with Crippen LogP contribution in [0, 0.1) is 17.8 Å². The van der Waals surface area contributed by atoms with Crippen LogP contribution in [0.5, 0.6) is 0 Å². The number of hydrogen-bond acceptors (Lipinski definition) is 1. The molecular weight excluding hydrogens is 280 g/mol. The van der Waals surface area contributed by atoms with Gasteiger partial charge in [-0.3, -0.25) is 4.79 Å². The first kappa shape index (κ1) is 15.3. The number of carbonyl (C=O) groups is 1. The van der Waals surface area contributed by atoms with Crippen molar-refractivity contribution in [3.05, 3.63) is 77.9 Å². The van der Waals surface area contributed by atoms with Crippen molar-refractivity contribution in [2.45, 2.75) is 25.7 Å². The number of benzene rings is 2. The Balaban J connectivity index is 1.91. The number of hydrogen-bond donors (Lipinski definition) is 0. The Morgan fingerprint density at radius 2 is 1.70 bits per heavy atom. The molecule has 0 spiro atoms. The molecule has 1 aliphatic carbocycles. The Morgan fingerprint density at radius 3 is 2.39 bits per heavy atom. The first-order valence-corrected chi connectivity index (χ1v) is 8.17. The predicted molar refractivity (Wildman–Crippen MR) is 94.7 cm³/mol. The van der Waals surface area contributed by atoms with E-state index >= 15 is 0 Å². The minimum atomic E-state index is 0.316. The van der Waals surface area contributed by atoms with Gasteiger partial charge in [-0.05, 0) is 36.5 Å². The van der Waals surface area contributed by atoms with Gasteiger partial charge in [-0.25, -0.2) is 0 Å². The molecule has 0 bridgehead atoms. The molecule has 3 rings (SSSR count). The largest absolute Gasteiger partial charge is 0.300 e. The van der Waals surface area contributed by atoms with Gasteiger partial charge >= 0.3 is 0 Å². The van der Waals surface area contributed by atoms with Crippen molar-refractivity contribution in [3.63, 3.8) is 0 Å². The van der Waals surface area contributed by atoms with Crippen LogP contribution in [-0.4, -0.2) is 5.78 Å². The lowest BCUT2D eigenvalue weighted by Crippen LogP contribution is -2.13. The fourth-order valence-electron chi connectivity index (χ4n) is 2.92. The van der Waals surface area contributed by atoms with Gasteiger partial charge < -0.3 is 0 Å². The van der Waals surface area contributed by atoms with Crippen molar-refractivity contribution in [2.75, 3.05) is 0 Å². The Labute approximate surface area is 138 Å². The summed E-state index contributed by atoms with van der Waals surface area (Å²) in [5, 5.41) is 0. The highest BCUT2D eigenvalue weighted by Gasteiger charge is 2.18. The summed E-state index contributed by atoms with van der Waals surface area (Å²) < 4.78 is 0. The van der Waals surface area contributed by atoms with Crippen LogP contribution in [0.25, 0.3) is 5.57 Å². The number of rotatable bonds is 2. The van der Waals surface area contributed by atoms with Crippen molar-refractivity contribution in [1.82, 2.24) is 0 Å². The fourth-order valence-corrected chi connectivity index (χ4v) is 2.92. The van der Waals surface area contributed by atoms with Gasteiger partial charge in [0.15, 0.2) is 0 Å². The van der Waals surface area contributed by atoms with Gasteiger partial charge in [-0.15, -0.1) is 0 Å². The molecule has 0 saturated heterocycles. The van der Waals surface area contributed by atoms with Gasteiger partial charge in [-0.2, -0.15) is 0 Å². The maximum atomic E-state index is 11.7. The Bertz CT molecular complexity index is 745.